The van der Waals surface area contributed by atoms with Crippen LogP contribution in [0, 0.1) is 6.92 Å². The van der Waals surface area contributed by atoms with E-state index in [4.69, 9.17) is 14.2 Å². The van der Waals surface area contributed by atoms with Crippen LogP contribution in [-0.2, 0) is 25.5 Å². The fourth-order valence-electron chi connectivity index (χ4n) is 3.59. The topological polar surface area (TPSA) is 94.2 Å². The second-order valence-corrected chi connectivity index (χ2v) is 9.46. The van der Waals surface area contributed by atoms with E-state index in [-0.39, 0.29) is 35.6 Å². The van der Waals surface area contributed by atoms with Crippen LogP contribution < -0.4 is 5.32 Å². The van der Waals surface area contributed by atoms with Gasteiger partial charge in [0.05, 0.1) is 31.9 Å². The molecule has 2 aromatic rings. The lowest BCUT2D eigenvalue weighted by molar-refractivity contribution is -0.117. The van der Waals surface area contributed by atoms with Gasteiger partial charge in [-0.25, -0.2) is 9.59 Å². The van der Waals surface area contributed by atoms with E-state index in [9.17, 15) is 14.4 Å². The predicted molar refractivity (Wildman–Crippen MR) is 124 cm³/mol. The van der Waals surface area contributed by atoms with E-state index in [1.807, 2.05) is 22.4 Å². The molecule has 8 nitrogen and oxygen atoms in total. The third-order valence-electron chi connectivity index (χ3n) is 5.06. The molecule has 1 N–H and O–H groups in total. The first-order valence-electron chi connectivity index (χ1n) is 10.5. The zero-order chi connectivity index (χ0) is 23.1. The molecule has 10 heteroatoms. The van der Waals surface area contributed by atoms with Gasteiger partial charge >= 0.3 is 11.9 Å². The summed E-state index contributed by atoms with van der Waals surface area (Å²) in [6.07, 6.45) is 2.10. The van der Waals surface area contributed by atoms with Crippen molar-refractivity contribution < 1.29 is 28.6 Å². The van der Waals surface area contributed by atoms with Crippen LogP contribution in [0.1, 0.15) is 50.2 Å². The summed E-state index contributed by atoms with van der Waals surface area (Å²) in [6, 6.07) is 4.02. The van der Waals surface area contributed by atoms with Crippen LogP contribution in [0.15, 0.2) is 17.5 Å². The number of amides is 1. The summed E-state index contributed by atoms with van der Waals surface area (Å²) >= 11 is 2.66. The van der Waals surface area contributed by atoms with Crippen LogP contribution in [-0.4, -0.2) is 62.3 Å². The first-order chi connectivity index (χ1) is 15.4. The van der Waals surface area contributed by atoms with Gasteiger partial charge in [-0.2, -0.15) is 0 Å². The maximum absolute atomic E-state index is 13.0. The molecule has 3 rings (SSSR count). The van der Waals surface area contributed by atoms with E-state index in [0.717, 1.165) is 35.7 Å². The number of ether oxygens (including phenoxy) is 3. The highest BCUT2D eigenvalue weighted by atomic mass is 32.1. The number of anilines is 1. The van der Waals surface area contributed by atoms with Crippen LogP contribution in [0.3, 0.4) is 0 Å². The molecule has 0 spiro atoms. The van der Waals surface area contributed by atoms with Gasteiger partial charge in [0, 0.05) is 24.6 Å². The van der Waals surface area contributed by atoms with Crippen molar-refractivity contribution in [2.24, 2.45) is 0 Å². The Morgan fingerprint density at radius 2 is 2.12 bits per heavy atom. The molecule has 1 aliphatic heterocycles. The van der Waals surface area contributed by atoms with Crippen LogP contribution in [0.25, 0.3) is 0 Å². The Morgan fingerprint density at radius 1 is 1.31 bits per heavy atom. The van der Waals surface area contributed by atoms with E-state index in [1.54, 1.807) is 25.2 Å². The third-order valence-corrected chi connectivity index (χ3v) is 7.11. The lowest BCUT2D eigenvalue weighted by Crippen LogP contribution is -2.37. The summed E-state index contributed by atoms with van der Waals surface area (Å²) in [5, 5.41) is 5.12. The fraction of sp³-hybridized carbons (Fsp3) is 0.500. The van der Waals surface area contributed by atoms with Crippen molar-refractivity contribution >= 4 is 45.5 Å². The number of thiophene rings is 2. The summed E-state index contributed by atoms with van der Waals surface area (Å²) < 4.78 is 15.7. The number of hydrogen-bond donors (Lipinski definition) is 1. The van der Waals surface area contributed by atoms with E-state index in [1.165, 1.54) is 7.11 Å². The Morgan fingerprint density at radius 3 is 2.75 bits per heavy atom. The molecule has 0 saturated carbocycles. The average molecular weight is 481 g/mol. The van der Waals surface area contributed by atoms with Crippen molar-refractivity contribution in [1.82, 2.24) is 4.90 Å². The molecule has 1 atom stereocenters. The number of rotatable bonds is 10. The minimum atomic E-state index is -0.582. The number of methoxy groups -OCH3 is 1. The SMILES string of the molecule is CCOC(=O)c1c(NC(=O)CN(Cc2cccs2)C[C@H]2CCCO2)sc(C(=O)OC)c1C. The Hall–Kier alpha value is -2.27. The van der Waals surface area contributed by atoms with Gasteiger partial charge in [-0.3, -0.25) is 9.69 Å². The largest absolute Gasteiger partial charge is 0.465 e. The van der Waals surface area contributed by atoms with Crippen molar-refractivity contribution in [3.63, 3.8) is 0 Å². The van der Waals surface area contributed by atoms with Gasteiger partial charge in [0.1, 0.15) is 9.88 Å². The molecule has 32 heavy (non-hydrogen) atoms. The third kappa shape index (κ3) is 6.16. The molecule has 0 radical (unpaired) electrons. The Balaban J connectivity index is 1.77. The quantitative estimate of drug-likeness (QED) is 0.518. The number of hydrogen-bond acceptors (Lipinski definition) is 9. The van der Waals surface area contributed by atoms with Gasteiger partial charge in [0.2, 0.25) is 5.91 Å². The van der Waals surface area contributed by atoms with Crippen LogP contribution in [0.5, 0.6) is 0 Å². The van der Waals surface area contributed by atoms with E-state index in [2.05, 4.69) is 5.32 Å². The predicted octanol–water partition coefficient (Wildman–Crippen LogP) is 3.70. The molecular weight excluding hydrogens is 452 g/mol. The fourth-order valence-corrected chi connectivity index (χ4v) is 5.47. The van der Waals surface area contributed by atoms with E-state index >= 15 is 0 Å². The van der Waals surface area contributed by atoms with Gasteiger partial charge in [-0.1, -0.05) is 6.07 Å². The highest BCUT2D eigenvalue weighted by molar-refractivity contribution is 7.18. The van der Waals surface area contributed by atoms with Gasteiger partial charge < -0.3 is 19.5 Å². The lowest BCUT2D eigenvalue weighted by Gasteiger charge is -2.24. The summed E-state index contributed by atoms with van der Waals surface area (Å²) in [5.41, 5.74) is 0.625. The molecule has 1 fully saturated rings. The Kier molecular flexibility index (Phi) is 8.80. The highest BCUT2D eigenvalue weighted by Gasteiger charge is 2.28. The zero-order valence-corrected chi connectivity index (χ0v) is 20.1. The number of nitrogens with zero attached hydrogens (tertiary/aromatic N) is 1. The molecule has 0 aliphatic carbocycles. The second kappa shape index (κ2) is 11.6. The van der Waals surface area contributed by atoms with Gasteiger partial charge in [0.15, 0.2) is 0 Å². The smallest absolute Gasteiger partial charge is 0.348 e. The summed E-state index contributed by atoms with van der Waals surface area (Å²) in [5.74, 6) is -1.42. The lowest BCUT2D eigenvalue weighted by atomic mass is 10.1. The zero-order valence-electron chi connectivity index (χ0n) is 18.5. The van der Waals surface area contributed by atoms with E-state index in [0.29, 0.717) is 23.7 Å². The first-order valence-corrected chi connectivity index (χ1v) is 12.2. The maximum atomic E-state index is 13.0. The molecule has 1 aliphatic rings. The van der Waals surface area contributed by atoms with Gasteiger partial charge in [-0.15, -0.1) is 22.7 Å². The van der Waals surface area contributed by atoms with Gasteiger partial charge in [0.25, 0.3) is 0 Å². The molecule has 1 amide bonds. The molecule has 0 aromatic carbocycles. The summed E-state index contributed by atoms with van der Waals surface area (Å²) in [6.45, 7) is 5.68. The number of nitrogens with one attached hydrogen (secondary N) is 1. The van der Waals surface area contributed by atoms with E-state index < -0.39 is 11.9 Å². The van der Waals surface area contributed by atoms with Crippen LogP contribution in [0.4, 0.5) is 5.00 Å². The molecule has 0 unspecified atom stereocenters. The van der Waals surface area contributed by atoms with Crippen molar-refractivity contribution in [2.45, 2.75) is 39.3 Å². The normalized spacial score (nSPS) is 15.7. The van der Waals surface area contributed by atoms with Crippen molar-refractivity contribution in [2.75, 3.05) is 38.7 Å². The van der Waals surface area contributed by atoms with Gasteiger partial charge in [-0.05, 0) is 43.7 Å². The van der Waals surface area contributed by atoms with Crippen LogP contribution in [0.2, 0.25) is 0 Å². The van der Waals surface area contributed by atoms with Crippen molar-refractivity contribution in [1.29, 1.82) is 0 Å². The Bertz CT molecular complexity index is 935. The number of carbonyl (C=O) groups is 3. The molecule has 174 valence electrons. The minimum Gasteiger partial charge on any atom is -0.465 e. The minimum absolute atomic E-state index is 0.104. The van der Waals surface area contributed by atoms with Crippen molar-refractivity contribution in [3.05, 3.63) is 38.4 Å². The molecule has 1 saturated heterocycles. The second-order valence-electron chi connectivity index (χ2n) is 7.40. The number of esters is 2. The Labute approximate surface area is 195 Å². The first kappa shape index (κ1) is 24.4. The van der Waals surface area contributed by atoms with Crippen molar-refractivity contribution in [3.8, 4) is 0 Å². The maximum Gasteiger partial charge on any atom is 0.348 e. The number of carbonyl (C=O) groups excluding carboxylic acids is 3. The molecule has 0 bridgehead atoms. The molecule has 3 heterocycles. The molecular formula is C22H28N2O6S2. The summed E-state index contributed by atoms with van der Waals surface area (Å²) in [4.78, 5) is 41.1. The average Bonchev–Trinajstić information content (AvgIpc) is 3.50. The monoisotopic (exact) mass is 480 g/mol. The highest BCUT2D eigenvalue weighted by Crippen LogP contribution is 2.34. The molecule has 2 aromatic heterocycles. The summed E-state index contributed by atoms with van der Waals surface area (Å²) in [7, 11) is 1.28. The standard InChI is InChI=1S/C22H28N2O6S2/c1-4-29-21(26)18-14(2)19(22(27)28-3)32-20(18)23-17(25)13-24(11-15-7-5-9-30-15)12-16-8-6-10-31-16/h6,8,10,15H,4-5,7,9,11-13H2,1-3H3,(H,23,25)/t15-/m1/s1. The van der Waals surface area contributed by atoms with Crippen LogP contribution >= 0.6 is 22.7 Å².